The van der Waals surface area contributed by atoms with E-state index in [2.05, 4.69) is 40.0 Å². The molecule has 0 bridgehead atoms. The maximum atomic E-state index is 6.32. The van der Waals surface area contributed by atoms with Crippen LogP contribution in [-0.4, -0.2) is 42.1 Å². The van der Waals surface area contributed by atoms with Crippen molar-refractivity contribution in [1.29, 1.82) is 0 Å². The standard InChI is InChI=1S/C11H17BrN2S2/c1-14-4-5-15-7-10(14)9(13)6-8-2-3-11(12)16-8/h2-3,9-10H,4-7,13H2,1H3. The van der Waals surface area contributed by atoms with Gasteiger partial charge in [0.25, 0.3) is 0 Å². The Balaban J connectivity index is 1.93. The van der Waals surface area contributed by atoms with Crippen LogP contribution in [0.25, 0.3) is 0 Å². The minimum atomic E-state index is 0.253. The van der Waals surface area contributed by atoms with Gasteiger partial charge in [0.15, 0.2) is 0 Å². The summed E-state index contributed by atoms with van der Waals surface area (Å²) in [5, 5.41) is 0. The molecule has 16 heavy (non-hydrogen) atoms. The Morgan fingerprint density at radius 3 is 3.06 bits per heavy atom. The summed E-state index contributed by atoms with van der Waals surface area (Å²) < 4.78 is 1.20. The predicted octanol–water partition coefficient (Wildman–Crippen LogP) is 2.43. The number of thiophene rings is 1. The van der Waals surface area contributed by atoms with E-state index < -0.39 is 0 Å². The summed E-state index contributed by atoms with van der Waals surface area (Å²) in [5.74, 6) is 2.41. The Hall–Kier alpha value is 0.450. The van der Waals surface area contributed by atoms with E-state index in [1.165, 1.54) is 20.2 Å². The van der Waals surface area contributed by atoms with Crippen molar-refractivity contribution in [3.63, 3.8) is 0 Å². The molecule has 0 radical (unpaired) electrons. The third-order valence-electron chi connectivity index (χ3n) is 3.00. The van der Waals surface area contributed by atoms with E-state index in [0.29, 0.717) is 6.04 Å². The van der Waals surface area contributed by atoms with Crippen LogP contribution >= 0.6 is 39.0 Å². The normalized spacial score (nSPS) is 24.6. The molecule has 0 amide bonds. The Morgan fingerprint density at radius 2 is 2.44 bits per heavy atom. The molecule has 1 fully saturated rings. The molecule has 1 aromatic heterocycles. The summed E-state index contributed by atoms with van der Waals surface area (Å²) in [6, 6.07) is 5.05. The van der Waals surface area contributed by atoms with E-state index in [-0.39, 0.29) is 6.04 Å². The molecule has 0 aromatic carbocycles. The zero-order chi connectivity index (χ0) is 11.5. The fourth-order valence-electron chi connectivity index (χ4n) is 1.99. The molecule has 0 spiro atoms. The molecule has 1 aliphatic rings. The van der Waals surface area contributed by atoms with Crippen molar-refractivity contribution in [1.82, 2.24) is 4.90 Å². The maximum Gasteiger partial charge on any atom is 0.0701 e. The fourth-order valence-corrected chi connectivity index (χ4v) is 4.87. The molecule has 2 rings (SSSR count). The number of hydrogen-bond acceptors (Lipinski definition) is 4. The Bertz CT molecular complexity index is 342. The summed E-state index contributed by atoms with van der Waals surface area (Å²) in [7, 11) is 2.19. The highest BCUT2D eigenvalue weighted by Gasteiger charge is 2.25. The van der Waals surface area contributed by atoms with Crippen molar-refractivity contribution in [3.8, 4) is 0 Å². The first-order chi connectivity index (χ1) is 7.66. The average Bonchev–Trinajstić information content (AvgIpc) is 2.64. The van der Waals surface area contributed by atoms with E-state index in [1.54, 1.807) is 11.3 Å². The largest absolute Gasteiger partial charge is 0.326 e. The van der Waals surface area contributed by atoms with Crippen LogP contribution in [0, 0.1) is 0 Å². The first kappa shape index (κ1) is 12.9. The second kappa shape index (κ2) is 5.87. The second-order valence-electron chi connectivity index (χ2n) is 4.20. The molecule has 90 valence electrons. The van der Waals surface area contributed by atoms with Crippen molar-refractivity contribution in [2.75, 3.05) is 25.1 Å². The van der Waals surface area contributed by atoms with Crippen LogP contribution in [0.1, 0.15) is 4.88 Å². The van der Waals surface area contributed by atoms with Crippen LogP contribution in [0.3, 0.4) is 0 Å². The van der Waals surface area contributed by atoms with Gasteiger partial charge in [0, 0.05) is 35.0 Å². The number of likely N-dealkylation sites (N-methyl/N-ethyl adjacent to an activating group) is 1. The molecular weight excluding hydrogens is 304 g/mol. The molecule has 2 nitrogen and oxygen atoms in total. The van der Waals surface area contributed by atoms with Gasteiger partial charge in [-0.15, -0.1) is 11.3 Å². The summed E-state index contributed by atoms with van der Waals surface area (Å²) in [5.41, 5.74) is 6.32. The lowest BCUT2D eigenvalue weighted by Crippen LogP contribution is -2.51. The third kappa shape index (κ3) is 3.23. The molecule has 2 atom stereocenters. The van der Waals surface area contributed by atoms with Gasteiger partial charge in [-0.3, -0.25) is 0 Å². The van der Waals surface area contributed by atoms with Crippen molar-refractivity contribution < 1.29 is 0 Å². The molecule has 0 aliphatic carbocycles. The number of nitrogens with zero attached hydrogens (tertiary/aromatic N) is 1. The quantitative estimate of drug-likeness (QED) is 0.927. The van der Waals surface area contributed by atoms with Crippen LogP contribution in [0.15, 0.2) is 15.9 Å². The van der Waals surface area contributed by atoms with Gasteiger partial charge in [-0.1, -0.05) is 0 Å². The van der Waals surface area contributed by atoms with Crippen LogP contribution in [-0.2, 0) is 6.42 Å². The summed E-state index contributed by atoms with van der Waals surface area (Å²) in [6.45, 7) is 1.16. The van der Waals surface area contributed by atoms with Crippen LogP contribution < -0.4 is 5.73 Å². The van der Waals surface area contributed by atoms with Crippen LogP contribution in [0.4, 0.5) is 0 Å². The molecule has 1 aromatic rings. The molecule has 2 N–H and O–H groups in total. The number of halogens is 1. The third-order valence-corrected chi connectivity index (χ3v) is 5.70. The lowest BCUT2D eigenvalue weighted by Gasteiger charge is -2.35. The van der Waals surface area contributed by atoms with E-state index in [4.69, 9.17) is 5.73 Å². The Labute approximate surface area is 114 Å². The number of thioether (sulfide) groups is 1. The zero-order valence-corrected chi connectivity index (χ0v) is 12.6. The summed E-state index contributed by atoms with van der Waals surface area (Å²) in [6.07, 6.45) is 0.992. The van der Waals surface area contributed by atoms with Gasteiger partial charge >= 0.3 is 0 Å². The zero-order valence-electron chi connectivity index (χ0n) is 9.36. The SMILES string of the molecule is CN1CCSCC1C(N)Cc1ccc(Br)s1. The van der Waals surface area contributed by atoms with Crippen molar-refractivity contribution in [2.45, 2.75) is 18.5 Å². The Kier molecular flexibility index (Phi) is 4.73. The van der Waals surface area contributed by atoms with Gasteiger partial charge in [-0.2, -0.15) is 11.8 Å². The average molecular weight is 321 g/mol. The first-order valence-electron chi connectivity index (χ1n) is 5.44. The number of nitrogens with two attached hydrogens (primary N) is 1. The first-order valence-corrected chi connectivity index (χ1v) is 8.21. The lowest BCUT2D eigenvalue weighted by molar-refractivity contribution is 0.236. The lowest BCUT2D eigenvalue weighted by atomic mass is 10.1. The van der Waals surface area contributed by atoms with Gasteiger partial charge in [0.05, 0.1) is 3.79 Å². The highest BCUT2D eigenvalue weighted by atomic mass is 79.9. The molecule has 2 heterocycles. The predicted molar refractivity (Wildman–Crippen MR) is 77.4 cm³/mol. The van der Waals surface area contributed by atoms with Gasteiger partial charge in [0.2, 0.25) is 0 Å². The Morgan fingerprint density at radius 1 is 1.62 bits per heavy atom. The summed E-state index contributed by atoms with van der Waals surface area (Å²) >= 11 is 7.31. The monoisotopic (exact) mass is 320 g/mol. The second-order valence-corrected chi connectivity index (χ2v) is 7.89. The van der Waals surface area contributed by atoms with Crippen LogP contribution in [0.5, 0.6) is 0 Å². The highest BCUT2D eigenvalue weighted by Crippen LogP contribution is 2.25. The van der Waals surface area contributed by atoms with Gasteiger partial charge in [-0.05, 0) is 41.5 Å². The van der Waals surface area contributed by atoms with E-state index in [0.717, 1.165) is 13.0 Å². The highest BCUT2D eigenvalue weighted by molar-refractivity contribution is 9.11. The topological polar surface area (TPSA) is 29.3 Å². The maximum absolute atomic E-state index is 6.32. The van der Waals surface area contributed by atoms with Crippen LogP contribution in [0.2, 0.25) is 0 Å². The number of hydrogen-bond donors (Lipinski definition) is 1. The van der Waals surface area contributed by atoms with E-state index >= 15 is 0 Å². The number of rotatable bonds is 3. The van der Waals surface area contributed by atoms with E-state index in [9.17, 15) is 0 Å². The molecule has 5 heteroatoms. The molecule has 0 saturated carbocycles. The van der Waals surface area contributed by atoms with Crippen molar-refractivity contribution in [2.24, 2.45) is 5.73 Å². The van der Waals surface area contributed by atoms with Gasteiger partial charge in [0.1, 0.15) is 0 Å². The van der Waals surface area contributed by atoms with Gasteiger partial charge < -0.3 is 10.6 Å². The minimum Gasteiger partial charge on any atom is -0.326 e. The molecule has 2 unspecified atom stereocenters. The van der Waals surface area contributed by atoms with Crippen molar-refractivity contribution >= 4 is 39.0 Å². The van der Waals surface area contributed by atoms with Gasteiger partial charge in [-0.25, -0.2) is 0 Å². The smallest absolute Gasteiger partial charge is 0.0701 e. The summed E-state index contributed by atoms with van der Waals surface area (Å²) in [4.78, 5) is 3.78. The molecule has 1 aliphatic heterocycles. The fraction of sp³-hybridized carbons (Fsp3) is 0.636. The van der Waals surface area contributed by atoms with Crippen molar-refractivity contribution in [3.05, 3.63) is 20.8 Å². The molecular formula is C11H17BrN2S2. The molecule has 1 saturated heterocycles. The van der Waals surface area contributed by atoms with E-state index in [1.807, 2.05) is 11.8 Å². The minimum absolute atomic E-state index is 0.253.